The fourth-order valence-electron chi connectivity index (χ4n) is 1.58. The van der Waals surface area contributed by atoms with Gasteiger partial charge in [-0.2, -0.15) is 0 Å². The number of aromatic nitrogens is 1. The maximum Gasteiger partial charge on any atom is 0.314 e. The number of carbonyl (C=O) groups is 2. The topological polar surface area (TPSA) is 114 Å². The Hall–Kier alpha value is -3.00. The maximum absolute atomic E-state index is 11.8. The number of carbonyl (C=O) groups excluding carboxylic acids is 2. The molecule has 0 aliphatic carbocycles. The zero-order valence-electron chi connectivity index (χ0n) is 10.9. The molecule has 1 aromatic heterocycles. The van der Waals surface area contributed by atoms with Crippen LogP contribution < -0.4 is 10.6 Å². The van der Waals surface area contributed by atoms with E-state index in [0.717, 1.165) is 0 Å². The number of rotatable bonds is 3. The number of anilines is 2. The molecule has 0 atom stereocenters. The number of halogens is 1. The van der Waals surface area contributed by atoms with E-state index in [1.807, 2.05) is 0 Å². The molecular weight excluding hydrogens is 312 g/mol. The van der Waals surface area contributed by atoms with E-state index in [1.54, 1.807) is 0 Å². The summed E-state index contributed by atoms with van der Waals surface area (Å²) in [5.41, 5.74) is -0.236. The minimum atomic E-state index is -1.06. The van der Waals surface area contributed by atoms with E-state index in [1.165, 1.54) is 42.6 Å². The summed E-state index contributed by atoms with van der Waals surface area (Å²) in [6.07, 6.45) is 1.42. The summed E-state index contributed by atoms with van der Waals surface area (Å²) in [7, 11) is 0. The van der Waals surface area contributed by atoms with Gasteiger partial charge >= 0.3 is 11.8 Å². The first-order valence-corrected chi connectivity index (χ1v) is 6.33. The zero-order chi connectivity index (χ0) is 16.1. The first-order chi connectivity index (χ1) is 10.5. The summed E-state index contributed by atoms with van der Waals surface area (Å²) in [5, 5.41) is 15.3. The van der Waals surface area contributed by atoms with Crippen molar-refractivity contribution < 1.29 is 14.5 Å². The van der Waals surface area contributed by atoms with Gasteiger partial charge in [0.05, 0.1) is 10.6 Å². The van der Waals surface area contributed by atoms with Crippen LogP contribution in [0.25, 0.3) is 0 Å². The largest absolute Gasteiger partial charge is 0.315 e. The monoisotopic (exact) mass is 320 g/mol. The standard InChI is InChI=1S/C13H9ClN4O4/c14-11-9(5-3-7-15-11)17-13(20)12(19)16-8-4-1-2-6-10(8)18(21)22/h1-7H,(H,16,19)(H,17,20). The van der Waals surface area contributed by atoms with Crippen molar-refractivity contribution in [3.63, 3.8) is 0 Å². The lowest BCUT2D eigenvalue weighted by Crippen LogP contribution is -2.29. The molecule has 0 bridgehead atoms. The van der Waals surface area contributed by atoms with Crippen LogP contribution in [0.2, 0.25) is 5.15 Å². The average molecular weight is 321 g/mol. The number of nitro groups is 1. The van der Waals surface area contributed by atoms with Crippen LogP contribution >= 0.6 is 11.6 Å². The van der Waals surface area contributed by atoms with Gasteiger partial charge in [0.1, 0.15) is 5.69 Å². The SMILES string of the molecule is O=C(Nc1ccccc1[N+](=O)[O-])C(=O)Nc1cccnc1Cl. The molecule has 112 valence electrons. The van der Waals surface area contributed by atoms with Crippen LogP contribution in [0.5, 0.6) is 0 Å². The van der Waals surface area contributed by atoms with Gasteiger partial charge in [0, 0.05) is 12.3 Å². The van der Waals surface area contributed by atoms with Gasteiger partial charge in [-0.05, 0) is 18.2 Å². The Kier molecular flexibility index (Phi) is 4.64. The number of nitrogens with one attached hydrogen (secondary N) is 2. The molecule has 0 unspecified atom stereocenters. The third-order valence-corrected chi connectivity index (χ3v) is 2.86. The van der Waals surface area contributed by atoms with Gasteiger partial charge in [-0.15, -0.1) is 0 Å². The zero-order valence-corrected chi connectivity index (χ0v) is 11.7. The molecule has 1 aromatic carbocycles. The number of hydrogen-bond acceptors (Lipinski definition) is 5. The van der Waals surface area contributed by atoms with Gasteiger partial charge in [-0.1, -0.05) is 23.7 Å². The Balaban J connectivity index is 2.11. The number of hydrogen-bond donors (Lipinski definition) is 2. The summed E-state index contributed by atoms with van der Waals surface area (Å²) >= 11 is 5.75. The maximum atomic E-state index is 11.8. The normalized spacial score (nSPS) is 9.86. The lowest BCUT2D eigenvalue weighted by molar-refractivity contribution is -0.383. The van der Waals surface area contributed by atoms with Crippen LogP contribution in [-0.2, 0) is 9.59 Å². The van der Waals surface area contributed by atoms with Crippen LogP contribution in [0.4, 0.5) is 17.1 Å². The number of benzene rings is 1. The highest BCUT2D eigenvalue weighted by Gasteiger charge is 2.20. The first-order valence-electron chi connectivity index (χ1n) is 5.95. The summed E-state index contributed by atoms with van der Waals surface area (Å²) in [6, 6.07) is 8.47. The molecule has 0 saturated heterocycles. The van der Waals surface area contributed by atoms with E-state index in [-0.39, 0.29) is 22.2 Å². The second-order valence-corrected chi connectivity index (χ2v) is 4.38. The number of para-hydroxylation sites is 2. The quantitative estimate of drug-likeness (QED) is 0.389. The molecule has 0 aliphatic heterocycles. The second-order valence-electron chi connectivity index (χ2n) is 4.02. The molecule has 2 rings (SSSR count). The molecule has 9 heteroatoms. The van der Waals surface area contributed by atoms with Crippen molar-refractivity contribution in [1.82, 2.24) is 4.98 Å². The van der Waals surface area contributed by atoms with Crippen molar-refractivity contribution in [2.24, 2.45) is 0 Å². The molecule has 22 heavy (non-hydrogen) atoms. The molecule has 0 aliphatic rings. The molecule has 0 radical (unpaired) electrons. The Morgan fingerprint density at radius 3 is 2.27 bits per heavy atom. The molecule has 0 fully saturated rings. The van der Waals surface area contributed by atoms with Crippen LogP contribution in [0.1, 0.15) is 0 Å². The molecule has 2 amide bonds. The smallest absolute Gasteiger partial charge is 0.314 e. The van der Waals surface area contributed by atoms with E-state index in [2.05, 4.69) is 15.6 Å². The van der Waals surface area contributed by atoms with E-state index in [9.17, 15) is 19.7 Å². The van der Waals surface area contributed by atoms with Crippen LogP contribution in [0.15, 0.2) is 42.6 Å². The first kappa shape index (κ1) is 15.4. The van der Waals surface area contributed by atoms with Crippen molar-refractivity contribution in [3.8, 4) is 0 Å². The molecule has 2 N–H and O–H groups in total. The molecule has 0 saturated carbocycles. The van der Waals surface area contributed by atoms with E-state index < -0.39 is 16.7 Å². The molecule has 1 heterocycles. The van der Waals surface area contributed by atoms with Gasteiger partial charge < -0.3 is 10.6 Å². The second kappa shape index (κ2) is 6.64. The average Bonchev–Trinajstić information content (AvgIpc) is 2.49. The predicted octanol–water partition coefficient (Wildman–Crippen LogP) is 2.22. The third-order valence-electron chi connectivity index (χ3n) is 2.56. The Bertz CT molecular complexity index is 750. The van der Waals surface area contributed by atoms with Crippen molar-refractivity contribution in [3.05, 3.63) is 57.9 Å². The summed E-state index contributed by atoms with van der Waals surface area (Å²) < 4.78 is 0. The number of nitrogens with zero attached hydrogens (tertiary/aromatic N) is 2. The van der Waals surface area contributed by atoms with E-state index in [4.69, 9.17) is 11.6 Å². The summed E-state index contributed by atoms with van der Waals surface area (Å²) in [5.74, 6) is -2.08. The molecule has 8 nitrogen and oxygen atoms in total. The van der Waals surface area contributed by atoms with Crippen molar-refractivity contribution in [1.29, 1.82) is 0 Å². The Morgan fingerprint density at radius 1 is 1.05 bits per heavy atom. The van der Waals surface area contributed by atoms with E-state index in [0.29, 0.717) is 0 Å². The number of nitro benzene ring substituents is 1. The van der Waals surface area contributed by atoms with Gasteiger partial charge in [0.25, 0.3) is 5.69 Å². The third kappa shape index (κ3) is 3.55. The highest BCUT2D eigenvalue weighted by Crippen LogP contribution is 2.23. The fraction of sp³-hybridized carbons (Fsp3) is 0. The van der Waals surface area contributed by atoms with E-state index >= 15 is 0 Å². The summed E-state index contributed by atoms with van der Waals surface area (Å²) in [4.78, 5) is 37.5. The minimum absolute atomic E-state index is 0.0225. The van der Waals surface area contributed by atoms with Crippen LogP contribution in [0, 0.1) is 10.1 Å². The van der Waals surface area contributed by atoms with Crippen molar-refractivity contribution in [2.45, 2.75) is 0 Å². The van der Waals surface area contributed by atoms with Gasteiger partial charge in [-0.3, -0.25) is 19.7 Å². The predicted molar refractivity (Wildman–Crippen MR) is 79.6 cm³/mol. The molecule has 2 aromatic rings. The number of pyridine rings is 1. The van der Waals surface area contributed by atoms with Gasteiger partial charge in [0.15, 0.2) is 5.15 Å². The highest BCUT2D eigenvalue weighted by molar-refractivity contribution is 6.44. The lowest BCUT2D eigenvalue weighted by Gasteiger charge is -2.07. The van der Waals surface area contributed by atoms with Gasteiger partial charge in [-0.25, -0.2) is 4.98 Å². The molecular formula is C13H9ClN4O4. The van der Waals surface area contributed by atoms with Crippen LogP contribution in [0.3, 0.4) is 0 Å². The number of amides is 2. The van der Waals surface area contributed by atoms with Gasteiger partial charge in [0.2, 0.25) is 0 Å². The van der Waals surface area contributed by atoms with Crippen molar-refractivity contribution >= 4 is 40.5 Å². The Labute approximate surface area is 129 Å². The summed E-state index contributed by atoms with van der Waals surface area (Å²) in [6.45, 7) is 0. The van der Waals surface area contributed by atoms with Crippen molar-refractivity contribution in [2.75, 3.05) is 10.6 Å². The highest BCUT2D eigenvalue weighted by atomic mass is 35.5. The lowest BCUT2D eigenvalue weighted by atomic mass is 10.2. The Morgan fingerprint density at radius 2 is 1.64 bits per heavy atom. The minimum Gasteiger partial charge on any atom is -0.315 e. The van der Waals surface area contributed by atoms with Crippen LogP contribution in [-0.4, -0.2) is 21.7 Å². The fourth-order valence-corrected chi connectivity index (χ4v) is 1.74. The molecule has 0 spiro atoms.